The number of halogens is 2. The van der Waals surface area contributed by atoms with E-state index in [9.17, 15) is 9.59 Å². The minimum absolute atomic E-state index is 0.0453. The molecule has 7 heteroatoms. The normalized spacial score (nSPS) is 15.3. The molecule has 0 saturated carbocycles. The van der Waals surface area contributed by atoms with Crippen LogP contribution in [0.1, 0.15) is 11.1 Å². The van der Waals surface area contributed by atoms with Crippen LogP contribution in [-0.4, -0.2) is 22.6 Å². The van der Waals surface area contributed by atoms with Crippen molar-refractivity contribution >= 4 is 56.5 Å². The van der Waals surface area contributed by atoms with Crippen LogP contribution in [0.4, 0.5) is 4.79 Å². The van der Waals surface area contributed by atoms with Crippen LogP contribution >= 0.6 is 39.3 Å². The first-order valence-electron chi connectivity index (χ1n) is 7.84. The molecule has 0 unspecified atom stereocenters. The van der Waals surface area contributed by atoms with Crippen molar-refractivity contribution in [1.82, 2.24) is 4.90 Å². The van der Waals surface area contributed by atoms with Crippen molar-refractivity contribution < 1.29 is 14.3 Å². The van der Waals surface area contributed by atoms with Crippen molar-refractivity contribution in [2.75, 3.05) is 6.54 Å². The maximum absolute atomic E-state index is 12.4. The van der Waals surface area contributed by atoms with Gasteiger partial charge < -0.3 is 4.74 Å². The van der Waals surface area contributed by atoms with E-state index in [1.165, 1.54) is 0 Å². The summed E-state index contributed by atoms with van der Waals surface area (Å²) in [4.78, 5) is 25.7. The molecule has 2 amide bonds. The highest BCUT2D eigenvalue weighted by atomic mass is 79.9. The lowest BCUT2D eigenvalue weighted by Gasteiger charge is -2.11. The first-order chi connectivity index (χ1) is 13.0. The fraction of sp³-hybridized carbons (Fsp3) is 0.100. The first kappa shape index (κ1) is 19.6. The highest BCUT2D eigenvalue weighted by Gasteiger charge is 2.34. The topological polar surface area (TPSA) is 46.6 Å². The largest absolute Gasteiger partial charge is 0.488 e. The Morgan fingerprint density at radius 2 is 2.04 bits per heavy atom. The van der Waals surface area contributed by atoms with Crippen molar-refractivity contribution in [1.29, 1.82) is 0 Å². The standard InChI is InChI=1S/C20H13BrClNO3S/c1-2-9-23-19(24)18(27-20(23)25)11-14-10-15(21)7-8-17(14)26-12-13-5-3-4-6-16(13)22/h1,3-8,10-11H,9,12H2/b18-11+. The third-order valence-electron chi connectivity index (χ3n) is 3.72. The zero-order valence-electron chi connectivity index (χ0n) is 13.9. The van der Waals surface area contributed by atoms with Crippen LogP contribution in [0.5, 0.6) is 5.75 Å². The lowest BCUT2D eigenvalue weighted by atomic mass is 10.1. The Morgan fingerprint density at radius 3 is 2.78 bits per heavy atom. The van der Waals surface area contributed by atoms with Crippen molar-refractivity contribution in [3.8, 4) is 18.1 Å². The zero-order valence-corrected chi connectivity index (χ0v) is 17.1. The summed E-state index contributed by atoms with van der Waals surface area (Å²) in [5, 5.41) is 0.240. The van der Waals surface area contributed by atoms with Gasteiger partial charge in [-0.2, -0.15) is 0 Å². The monoisotopic (exact) mass is 461 g/mol. The fourth-order valence-electron chi connectivity index (χ4n) is 2.40. The molecule has 3 rings (SSSR count). The van der Waals surface area contributed by atoms with E-state index in [-0.39, 0.29) is 18.4 Å². The Balaban J connectivity index is 1.87. The number of benzene rings is 2. The maximum atomic E-state index is 12.4. The third kappa shape index (κ3) is 4.56. The number of hydrogen-bond donors (Lipinski definition) is 0. The molecule has 1 fully saturated rings. The van der Waals surface area contributed by atoms with Gasteiger partial charge in [0.1, 0.15) is 12.4 Å². The number of imide groups is 1. The van der Waals surface area contributed by atoms with E-state index in [1.54, 1.807) is 18.2 Å². The molecule has 2 aromatic rings. The number of ether oxygens (including phenoxy) is 1. The Hall–Kier alpha value is -2.20. The van der Waals surface area contributed by atoms with Gasteiger partial charge in [-0.1, -0.05) is 51.7 Å². The van der Waals surface area contributed by atoms with Crippen LogP contribution in [-0.2, 0) is 11.4 Å². The van der Waals surface area contributed by atoms with Gasteiger partial charge >= 0.3 is 0 Å². The summed E-state index contributed by atoms with van der Waals surface area (Å²) >= 11 is 10.4. The lowest BCUT2D eigenvalue weighted by molar-refractivity contribution is -0.122. The predicted molar refractivity (Wildman–Crippen MR) is 111 cm³/mol. The van der Waals surface area contributed by atoms with Crippen molar-refractivity contribution in [3.63, 3.8) is 0 Å². The average Bonchev–Trinajstić information content (AvgIpc) is 2.90. The number of amides is 2. The van der Waals surface area contributed by atoms with Crippen LogP contribution < -0.4 is 4.74 Å². The van der Waals surface area contributed by atoms with Crippen LogP contribution in [0.3, 0.4) is 0 Å². The van der Waals surface area contributed by atoms with E-state index in [0.29, 0.717) is 21.2 Å². The van der Waals surface area contributed by atoms with E-state index in [2.05, 4.69) is 21.9 Å². The second kappa shape index (κ2) is 8.66. The number of carbonyl (C=O) groups excluding carboxylic acids is 2. The van der Waals surface area contributed by atoms with E-state index < -0.39 is 5.91 Å². The molecular weight excluding hydrogens is 450 g/mol. The van der Waals surface area contributed by atoms with Gasteiger partial charge in [-0.3, -0.25) is 14.5 Å². The summed E-state index contributed by atoms with van der Waals surface area (Å²) in [7, 11) is 0. The number of hydrogen-bond acceptors (Lipinski definition) is 4. The van der Waals surface area contributed by atoms with Gasteiger partial charge in [0.2, 0.25) is 0 Å². The Labute approximate surface area is 174 Å². The van der Waals surface area contributed by atoms with Crippen molar-refractivity contribution in [3.05, 3.63) is 68.0 Å². The van der Waals surface area contributed by atoms with Crippen LogP contribution in [0.15, 0.2) is 51.8 Å². The van der Waals surface area contributed by atoms with Gasteiger partial charge in [-0.05, 0) is 42.1 Å². The van der Waals surface area contributed by atoms with E-state index in [4.69, 9.17) is 22.8 Å². The number of thioether (sulfide) groups is 1. The first-order valence-corrected chi connectivity index (χ1v) is 9.83. The molecule has 0 radical (unpaired) electrons. The number of nitrogens with zero attached hydrogens (tertiary/aromatic N) is 1. The Morgan fingerprint density at radius 1 is 1.26 bits per heavy atom. The number of rotatable bonds is 5. The molecule has 136 valence electrons. The minimum atomic E-state index is -0.403. The van der Waals surface area contributed by atoms with Gasteiger partial charge in [0.25, 0.3) is 11.1 Å². The highest BCUT2D eigenvalue weighted by molar-refractivity contribution is 9.10. The molecule has 0 atom stereocenters. The molecule has 27 heavy (non-hydrogen) atoms. The van der Waals surface area contributed by atoms with Crippen LogP contribution in [0.2, 0.25) is 5.02 Å². The summed E-state index contributed by atoms with van der Waals surface area (Å²) in [6, 6.07) is 12.9. The number of carbonyl (C=O) groups is 2. The highest BCUT2D eigenvalue weighted by Crippen LogP contribution is 2.35. The molecule has 1 aliphatic rings. The van der Waals surface area contributed by atoms with Gasteiger partial charge in [0.05, 0.1) is 11.4 Å². The van der Waals surface area contributed by atoms with Crippen molar-refractivity contribution in [2.45, 2.75) is 6.61 Å². The van der Waals surface area contributed by atoms with Gasteiger partial charge in [0.15, 0.2) is 0 Å². The summed E-state index contributed by atoms with van der Waals surface area (Å²) in [6.07, 6.45) is 6.85. The Kier molecular flexibility index (Phi) is 6.27. The fourth-order valence-corrected chi connectivity index (χ4v) is 3.80. The molecule has 1 aliphatic heterocycles. The summed E-state index contributed by atoms with van der Waals surface area (Å²) in [5.41, 5.74) is 1.52. The molecule has 0 aliphatic carbocycles. The molecular formula is C20H13BrClNO3S. The second-order valence-corrected chi connectivity index (χ2v) is 7.85. The maximum Gasteiger partial charge on any atom is 0.294 e. The second-order valence-electron chi connectivity index (χ2n) is 5.53. The summed E-state index contributed by atoms with van der Waals surface area (Å²) in [5.74, 6) is 2.49. The van der Waals surface area contributed by atoms with Crippen LogP contribution in [0.25, 0.3) is 6.08 Å². The molecule has 4 nitrogen and oxygen atoms in total. The van der Waals surface area contributed by atoms with E-state index in [0.717, 1.165) is 26.7 Å². The molecule has 0 spiro atoms. The van der Waals surface area contributed by atoms with Crippen LogP contribution in [0, 0.1) is 12.3 Å². The molecule has 0 aromatic heterocycles. The van der Waals surface area contributed by atoms with Gasteiger partial charge in [-0.15, -0.1) is 6.42 Å². The average molecular weight is 463 g/mol. The molecule has 2 aromatic carbocycles. The quantitative estimate of drug-likeness (QED) is 0.444. The predicted octanol–water partition coefficient (Wildman–Crippen LogP) is 5.35. The minimum Gasteiger partial charge on any atom is -0.488 e. The molecule has 1 saturated heterocycles. The smallest absolute Gasteiger partial charge is 0.294 e. The lowest BCUT2D eigenvalue weighted by Crippen LogP contribution is -2.28. The summed E-state index contributed by atoms with van der Waals surface area (Å²) < 4.78 is 6.73. The molecule has 1 heterocycles. The SMILES string of the molecule is C#CCN1C(=O)S/C(=C/c2cc(Br)ccc2OCc2ccccc2Cl)C1=O. The Bertz CT molecular complexity index is 983. The van der Waals surface area contributed by atoms with E-state index in [1.807, 2.05) is 30.3 Å². The van der Waals surface area contributed by atoms with Gasteiger partial charge in [-0.25, -0.2) is 0 Å². The molecule has 0 N–H and O–H groups in total. The zero-order chi connectivity index (χ0) is 19.4. The van der Waals surface area contributed by atoms with Gasteiger partial charge in [0, 0.05) is 20.6 Å². The molecule has 0 bridgehead atoms. The summed E-state index contributed by atoms with van der Waals surface area (Å²) in [6.45, 7) is 0.233. The van der Waals surface area contributed by atoms with E-state index >= 15 is 0 Å². The number of terminal acetylenes is 1. The van der Waals surface area contributed by atoms with Crippen molar-refractivity contribution in [2.24, 2.45) is 0 Å². The third-order valence-corrected chi connectivity index (χ3v) is 5.49.